The van der Waals surface area contributed by atoms with Crippen molar-refractivity contribution in [2.75, 3.05) is 41.8 Å². The van der Waals surface area contributed by atoms with Crippen LogP contribution in [0.5, 0.6) is 0 Å². The van der Waals surface area contributed by atoms with E-state index in [1.165, 1.54) is 16.3 Å². The summed E-state index contributed by atoms with van der Waals surface area (Å²) in [6, 6.07) is 17.5. The fourth-order valence-corrected chi connectivity index (χ4v) is 8.28. The number of carbonyl (C=O) groups is 3. The minimum Gasteiger partial charge on any atom is -0.385 e. The molecule has 0 spiro atoms. The number of carbonyl (C=O) groups excluding carboxylic acids is 3. The highest BCUT2D eigenvalue weighted by molar-refractivity contribution is 6.31. The zero-order valence-corrected chi connectivity index (χ0v) is 31.4. The summed E-state index contributed by atoms with van der Waals surface area (Å²) in [5, 5.41) is 13.7. The SMILES string of the molecule is CNc1cc(N2CCc3c(-c4ccc(N5CCC(C#Cc6ccc(C7CCC(=O)NC7=O)c(Cl)c6)CC5)cn4)cccc32)nn2c(C(=O)N[C@@H]3C[C@@H]3F)cnc12. The Morgan fingerprint density at radius 2 is 1.84 bits per heavy atom. The lowest BCUT2D eigenvalue weighted by molar-refractivity contribution is -0.134. The van der Waals surface area contributed by atoms with Crippen molar-refractivity contribution in [3.63, 3.8) is 0 Å². The molecule has 0 bridgehead atoms. The van der Waals surface area contributed by atoms with Crippen LogP contribution in [0.15, 0.2) is 67.0 Å². The minimum absolute atomic E-state index is 0.245. The quantitative estimate of drug-likeness (QED) is 0.138. The van der Waals surface area contributed by atoms with Crippen molar-refractivity contribution in [3.05, 3.63) is 94.4 Å². The lowest BCUT2D eigenvalue weighted by Gasteiger charge is -2.31. The second-order valence-corrected chi connectivity index (χ2v) is 15.2. The maximum Gasteiger partial charge on any atom is 0.271 e. The summed E-state index contributed by atoms with van der Waals surface area (Å²) in [5.74, 6) is 6.27. The van der Waals surface area contributed by atoms with E-state index in [1.807, 2.05) is 36.5 Å². The van der Waals surface area contributed by atoms with Crippen LogP contribution in [0.25, 0.3) is 16.9 Å². The van der Waals surface area contributed by atoms with Gasteiger partial charge in [0.2, 0.25) is 11.8 Å². The van der Waals surface area contributed by atoms with Crippen LogP contribution in [0.3, 0.4) is 0 Å². The van der Waals surface area contributed by atoms with Crippen molar-refractivity contribution in [2.24, 2.45) is 5.92 Å². The highest BCUT2D eigenvalue weighted by Gasteiger charge is 2.39. The Bertz CT molecular complexity index is 2450. The van der Waals surface area contributed by atoms with Gasteiger partial charge in [-0.1, -0.05) is 41.6 Å². The third kappa shape index (κ3) is 6.79. The number of imide groups is 1. The largest absolute Gasteiger partial charge is 0.385 e. The molecule has 5 aromatic rings. The van der Waals surface area contributed by atoms with E-state index in [4.69, 9.17) is 21.7 Å². The fourth-order valence-electron chi connectivity index (χ4n) is 7.97. The average Bonchev–Trinajstić information content (AvgIpc) is 3.52. The van der Waals surface area contributed by atoms with Crippen LogP contribution < -0.4 is 25.8 Å². The van der Waals surface area contributed by atoms with E-state index < -0.39 is 24.0 Å². The van der Waals surface area contributed by atoms with Gasteiger partial charge in [0.15, 0.2) is 17.2 Å². The minimum atomic E-state index is -1.01. The molecule has 4 aliphatic rings. The van der Waals surface area contributed by atoms with Gasteiger partial charge in [-0.05, 0) is 67.1 Å². The van der Waals surface area contributed by atoms with Crippen molar-refractivity contribution in [1.82, 2.24) is 30.2 Å². The molecule has 3 fully saturated rings. The van der Waals surface area contributed by atoms with Crippen LogP contribution in [0, 0.1) is 17.8 Å². The molecule has 12 nitrogen and oxygen atoms in total. The Labute approximate surface area is 327 Å². The lowest BCUT2D eigenvalue weighted by atomic mass is 9.90. The van der Waals surface area contributed by atoms with E-state index >= 15 is 0 Å². The van der Waals surface area contributed by atoms with Gasteiger partial charge in [0, 0.05) is 73.3 Å². The summed E-state index contributed by atoms with van der Waals surface area (Å²) in [7, 11) is 1.81. The van der Waals surface area contributed by atoms with Gasteiger partial charge in [-0.3, -0.25) is 24.7 Å². The van der Waals surface area contributed by atoms with E-state index in [0.29, 0.717) is 42.3 Å². The normalized spacial score (nSPS) is 20.7. The number of piperidine rings is 2. The van der Waals surface area contributed by atoms with Crippen LogP contribution in [0.1, 0.15) is 65.2 Å². The lowest BCUT2D eigenvalue weighted by Crippen LogP contribution is -2.39. The van der Waals surface area contributed by atoms with Crippen LogP contribution in [-0.2, 0) is 16.0 Å². The van der Waals surface area contributed by atoms with Gasteiger partial charge in [-0.15, -0.1) is 5.10 Å². The molecule has 6 heterocycles. The molecule has 0 radical (unpaired) electrons. The van der Waals surface area contributed by atoms with Gasteiger partial charge in [-0.25, -0.2) is 13.9 Å². The van der Waals surface area contributed by atoms with Gasteiger partial charge < -0.3 is 20.4 Å². The monoisotopic (exact) mass is 771 g/mol. The van der Waals surface area contributed by atoms with Crippen molar-refractivity contribution in [3.8, 4) is 23.1 Å². The number of benzene rings is 2. The van der Waals surface area contributed by atoms with Crippen molar-refractivity contribution in [1.29, 1.82) is 0 Å². The molecule has 3 atom stereocenters. The number of halogens is 2. The third-order valence-corrected chi connectivity index (χ3v) is 11.5. The molecule has 3 aromatic heterocycles. The van der Waals surface area contributed by atoms with Gasteiger partial charge >= 0.3 is 0 Å². The maximum atomic E-state index is 13.5. The molecule has 3 N–H and O–H groups in total. The van der Waals surface area contributed by atoms with Gasteiger partial charge in [0.25, 0.3) is 5.91 Å². The first-order valence-electron chi connectivity index (χ1n) is 19.0. The van der Waals surface area contributed by atoms with Gasteiger partial charge in [0.05, 0.1) is 41.4 Å². The summed E-state index contributed by atoms with van der Waals surface area (Å²) < 4.78 is 15.1. The number of hydrogen-bond donors (Lipinski definition) is 3. The smallest absolute Gasteiger partial charge is 0.271 e. The number of nitrogens with zero attached hydrogens (tertiary/aromatic N) is 6. The number of hydrogen-bond acceptors (Lipinski definition) is 9. The number of aromatic nitrogens is 4. The third-order valence-electron chi connectivity index (χ3n) is 11.2. The number of pyridine rings is 1. The first kappa shape index (κ1) is 35.7. The van der Waals surface area contributed by atoms with E-state index in [9.17, 15) is 18.8 Å². The Hall–Kier alpha value is -6.00. The molecule has 284 valence electrons. The Kier molecular flexibility index (Phi) is 9.29. The van der Waals surface area contributed by atoms with Crippen LogP contribution in [0.2, 0.25) is 5.02 Å². The molecule has 1 saturated carbocycles. The average molecular weight is 772 g/mol. The van der Waals surface area contributed by atoms with Crippen LogP contribution in [0.4, 0.5) is 27.3 Å². The molecule has 3 amide bonds. The molecule has 14 heteroatoms. The Balaban J connectivity index is 0.863. The summed E-state index contributed by atoms with van der Waals surface area (Å²) in [6.45, 7) is 2.44. The summed E-state index contributed by atoms with van der Waals surface area (Å²) in [4.78, 5) is 50.7. The summed E-state index contributed by atoms with van der Waals surface area (Å²) >= 11 is 6.56. The van der Waals surface area contributed by atoms with E-state index in [1.54, 1.807) is 7.05 Å². The van der Waals surface area contributed by atoms with Gasteiger partial charge in [-0.2, -0.15) is 0 Å². The highest BCUT2D eigenvalue weighted by Crippen LogP contribution is 2.40. The molecule has 2 aromatic carbocycles. The molecule has 3 aliphatic heterocycles. The second kappa shape index (κ2) is 14.6. The maximum absolute atomic E-state index is 13.5. The number of alkyl halides is 1. The van der Waals surface area contributed by atoms with Gasteiger partial charge in [0.1, 0.15) is 6.17 Å². The number of nitrogens with one attached hydrogen (secondary N) is 3. The Morgan fingerprint density at radius 1 is 1.00 bits per heavy atom. The first-order valence-corrected chi connectivity index (χ1v) is 19.4. The number of rotatable bonds is 7. The molecule has 1 aliphatic carbocycles. The standard InChI is InChI=1S/C42H39ClFN9O3/c1-45-35-21-38(50-53-37(23-47-40(35)53)42(56)48-34-20-32(34)44)52-18-15-29-28(3-2-4-36(29)52)33-11-8-26(22-46-33)51-16-13-24(14-17-51)5-6-25-7-9-27(31(43)19-25)30-10-12-39(54)49-41(30)55/h2-4,7-9,11,19,21-24,30,32,34,45H,10,12-18,20H2,1H3,(H,48,56)(H,49,54,55)/t30?,32-,34+/m0/s1. The number of amides is 3. The predicted octanol–water partition coefficient (Wildman–Crippen LogP) is 5.81. The zero-order valence-electron chi connectivity index (χ0n) is 30.7. The number of anilines is 4. The van der Waals surface area contributed by atoms with Crippen molar-refractivity contribution >= 4 is 57.8 Å². The summed E-state index contributed by atoms with van der Waals surface area (Å²) in [6.07, 6.45) is 6.17. The first-order chi connectivity index (χ1) is 27.2. The summed E-state index contributed by atoms with van der Waals surface area (Å²) in [5.41, 5.74) is 8.29. The number of imidazole rings is 1. The zero-order chi connectivity index (χ0) is 38.5. The highest BCUT2D eigenvalue weighted by atomic mass is 35.5. The van der Waals surface area contributed by atoms with E-state index in [2.05, 4.69) is 66.8 Å². The predicted molar refractivity (Wildman–Crippen MR) is 212 cm³/mol. The molecule has 56 heavy (non-hydrogen) atoms. The fraction of sp³-hybridized carbons (Fsp3) is 0.333. The van der Waals surface area contributed by atoms with Crippen molar-refractivity contribution < 1.29 is 18.8 Å². The Morgan fingerprint density at radius 3 is 2.57 bits per heavy atom. The molecular formula is C42H39ClFN9O3. The number of fused-ring (bicyclic) bond motifs is 2. The molecule has 2 saturated heterocycles. The van der Waals surface area contributed by atoms with Crippen molar-refractivity contribution in [2.45, 2.75) is 56.7 Å². The second-order valence-electron chi connectivity index (χ2n) is 14.8. The van der Waals surface area contributed by atoms with E-state index in [0.717, 1.165) is 71.8 Å². The molecular weight excluding hydrogens is 733 g/mol. The topological polar surface area (TPSA) is 137 Å². The molecule has 1 unspecified atom stereocenters. The van der Waals surface area contributed by atoms with Crippen LogP contribution >= 0.6 is 11.6 Å². The van der Waals surface area contributed by atoms with Crippen LogP contribution in [-0.4, -0.2) is 76.2 Å². The van der Waals surface area contributed by atoms with E-state index in [-0.39, 0.29) is 23.4 Å². The molecule has 9 rings (SSSR count).